The van der Waals surface area contributed by atoms with Crippen LogP contribution in [0.15, 0.2) is 23.0 Å². The number of aryl methyl sites for hydroxylation is 2. The smallest absolute Gasteiger partial charge is 0.254 e. The van der Waals surface area contributed by atoms with Crippen molar-refractivity contribution in [3.63, 3.8) is 0 Å². The fourth-order valence-electron chi connectivity index (χ4n) is 2.94. The predicted octanol–water partition coefficient (Wildman–Crippen LogP) is 1.48. The zero-order chi connectivity index (χ0) is 15.0. The first kappa shape index (κ1) is 14.1. The van der Waals surface area contributed by atoms with Gasteiger partial charge in [0, 0.05) is 49.9 Å². The SMILES string of the molecule is CCn1c(=O)cc(N2CCN(C)CC2)c2ccc(C)nc21. The van der Waals surface area contributed by atoms with Gasteiger partial charge < -0.3 is 9.80 Å². The van der Waals surface area contributed by atoms with E-state index >= 15 is 0 Å². The number of aromatic nitrogens is 2. The molecule has 21 heavy (non-hydrogen) atoms. The van der Waals surface area contributed by atoms with Gasteiger partial charge in [0.25, 0.3) is 5.56 Å². The highest BCUT2D eigenvalue weighted by molar-refractivity contribution is 5.89. The summed E-state index contributed by atoms with van der Waals surface area (Å²) in [5, 5.41) is 1.08. The molecule has 5 nitrogen and oxygen atoms in total. The first-order valence-electron chi connectivity index (χ1n) is 7.55. The van der Waals surface area contributed by atoms with Crippen molar-refractivity contribution >= 4 is 16.7 Å². The zero-order valence-corrected chi connectivity index (χ0v) is 13.0. The summed E-state index contributed by atoms with van der Waals surface area (Å²) in [6, 6.07) is 5.89. The molecule has 0 atom stereocenters. The average molecular weight is 286 g/mol. The van der Waals surface area contributed by atoms with Gasteiger partial charge in [-0.05, 0) is 33.0 Å². The summed E-state index contributed by atoms with van der Waals surface area (Å²) in [4.78, 5) is 21.6. The Morgan fingerprint density at radius 2 is 1.90 bits per heavy atom. The van der Waals surface area contributed by atoms with E-state index < -0.39 is 0 Å². The molecule has 0 radical (unpaired) electrons. The molecule has 5 heteroatoms. The first-order chi connectivity index (χ1) is 10.1. The number of rotatable bonds is 2. The maximum absolute atomic E-state index is 12.4. The molecule has 0 amide bonds. The quantitative estimate of drug-likeness (QED) is 0.838. The second kappa shape index (κ2) is 5.48. The van der Waals surface area contributed by atoms with Crippen LogP contribution in [0, 0.1) is 6.92 Å². The van der Waals surface area contributed by atoms with E-state index in [1.807, 2.05) is 19.9 Å². The lowest BCUT2D eigenvalue weighted by Crippen LogP contribution is -2.45. The summed E-state index contributed by atoms with van der Waals surface area (Å²) in [5.41, 5.74) is 2.82. The normalized spacial score (nSPS) is 16.6. The van der Waals surface area contributed by atoms with E-state index in [-0.39, 0.29) is 5.56 Å². The number of hydrogen-bond acceptors (Lipinski definition) is 4. The topological polar surface area (TPSA) is 41.4 Å². The Morgan fingerprint density at radius 3 is 2.57 bits per heavy atom. The standard InChI is InChI=1S/C16H22N4O/c1-4-20-15(21)11-14(19-9-7-18(3)8-10-19)13-6-5-12(2)17-16(13)20/h5-6,11H,4,7-10H2,1-3H3. The molecular formula is C16H22N4O. The average Bonchev–Trinajstić information content (AvgIpc) is 2.47. The van der Waals surface area contributed by atoms with Gasteiger partial charge in [-0.25, -0.2) is 4.98 Å². The van der Waals surface area contributed by atoms with Gasteiger partial charge in [-0.15, -0.1) is 0 Å². The van der Waals surface area contributed by atoms with Crippen molar-refractivity contribution in [1.29, 1.82) is 0 Å². The van der Waals surface area contributed by atoms with E-state index in [4.69, 9.17) is 0 Å². The second-order valence-corrected chi connectivity index (χ2v) is 5.73. The van der Waals surface area contributed by atoms with E-state index in [2.05, 4.69) is 27.9 Å². The summed E-state index contributed by atoms with van der Waals surface area (Å²) < 4.78 is 1.75. The molecule has 3 rings (SSSR count). The van der Waals surface area contributed by atoms with Crippen LogP contribution in [0.2, 0.25) is 0 Å². The van der Waals surface area contributed by atoms with E-state index in [1.165, 1.54) is 0 Å². The Labute approximate surface area is 124 Å². The van der Waals surface area contributed by atoms with Crippen LogP contribution in [0.5, 0.6) is 0 Å². The van der Waals surface area contributed by atoms with Gasteiger partial charge >= 0.3 is 0 Å². The minimum Gasteiger partial charge on any atom is -0.368 e. The van der Waals surface area contributed by atoms with Gasteiger partial charge in [-0.2, -0.15) is 0 Å². The molecule has 0 bridgehead atoms. The lowest BCUT2D eigenvalue weighted by atomic mass is 10.2. The van der Waals surface area contributed by atoms with Crippen molar-refractivity contribution in [2.45, 2.75) is 20.4 Å². The molecule has 112 valence electrons. The highest BCUT2D eigenvalue weighted by atomic mass is 16.1. The van der Waals surface area contributed by atoms with Crippen LogP contribution in [-0.4, -0.2) is 47.7 Å². The van der Waals surface area contributed by atoms with Gasteiger partial charge in [0.05, 0.1) is 5.69 Å². The molecule has 2 aromatic rings. The van der Waals surface area contributed by atoms with Crippen molar-refractivity contribution in [2.24, 2.45) is 0 Å². The summed E-state index contributed by atoms with van der Waals surface area (Å²) in [5.74, 6) is 0. The van der Waals surface area contributed by atoms with Crippen molar-refractivity contribution in [1.82, 2.24) is 14.5 Å². The van der Waals surface area contributed by atoms with Crippen molar-refractivity contribution in [3.8, 4) is 0 Å². The number of anilines is 1. The second-order valence-electron chi connectivity index (χ2n) is 5.73. The highest BCUT2D eigenvalue weighted by Gasteiger charge is 2.18. The molecule has 1 fully saturated rings. The minimum atomic E-state index is 0.0389. The van der Waals surface area contributed by atoms with Crippen molar-refractivity contribution in [3.05, 3.63) is 34.2 Å². The molecule has 0 aromatic carbocycles. The van der Waals surface area contributed by atoms with Gasteiger partial charge in [0.15, 0.2) is 0 Å². The largest absolute Gasteiger partial charge is 0.368 e. The Kier molecular flexibility index (Phi) is 3.68. The van der Waals surface area contributed by atoms with Gasteiger partial charge in [0.1, 0.15) is 5.65 Å². The maximum Gasteiger partial charge on any atom is 0.254 e. The Morgan fingerprint density at radius 1 is 1.19 bits per heavy atom. The molecule has 3 heterocycles. The van der Waals surface area contributed by atoms with Crippen molar-refractivity contribution in [2.75, 3.05) is 38.1 Å². The Bertz CT molecular complexity index is 714. The summed E-state index contributed by atoms with van der Waals surface area (Å²) in [7, 11) is 2.13. The maximum atomic E-state index is 12.4. The number of hydrogen-bond donors (Lipinski definition) is 0. The molecule has 0 aliphatic carbocycles. The number of nitrogens with zero attached hydrogens (tertiary/aromatic N) is 4. The van der Waals surface area contributed by atoms with E-state index in [1.54, 1.807) is 10.6 Å². The van der Waals surface area contributed by atoms with E-state index in [0.29, 0.717) is 6.54 Å². The van der Waals surface area contributed by atoms with Gasteiger partial charge in [-0.3, -0.25) is 9.36 Å². The molecule has 2 aromatic heterocycles. The summed E-state index contributed by atoms with van der Waals surface area (Å²) >= 11 is 0. The number of likely N-dealkylation sites (N-methyl/N-ethyl adjacent to an activating group) is 1. The zero-order valence-electron chi connectivity index (χ0n) is 13.0. The molecule has 1 aliphatic heterocycles. The molecule has 1 aliphatic rings. The lowest BCUT2D eigenvalue weighted by molar-refractivity contribution is 0.313. The van der Waals surface area contributed by atoms with Crippen LogP contribution < -0.4 is 10.5 Å². The van der Waals surface area contributed by atoms with Crippen LogP contribution in [0.1, 0.15) is 12.6 Å². The third-order valence-corrected chi connectivity index (χ3v) is 4.23. The number of fused-ring (bicyclic) bond motifs is 1. The number of piperazine rings is 1. The van der Waals surface area contributed by atoms with Crippen LogP contribution in [0.4, 0.5) is 5.69 Å². The third-order valence-electron chi connectivity index (χ3n) is 4.23. The first-order valence-corrected chi connectivity index (χ1v) is 7.55. The van der Waals surface area contributed by atoms with Crippen LogP contribution >= 0.6 is 0 Å². The minimum absolute atomic E-state index is 0.0389. The Hall–Kier alpha value is -1.88. The van der Waals surface area contributed by atoms with Crippen LogP contribution in [0.25, 0.3) is 11.0 Å². The van der Waals surface area contributed by atoms with E-state index in [0.717, 1.165) is 48.6 Å². The highest BCUT2D eigenvalue weighted by Crippen LogP contribution is 2.25. The molecule has 0 N–H and O–H groups in total. The van der Waals surface area contributed by atoms with Gasteiger partial charge in [-0.1, -0.05) is 0 Å². The predicted molar refractivity (Wildman–Crippen MR) is 86.1 cm³/mol. The number of pyridine rings is 2. The molecular weight excluding hydrogens is 264 g/mol. The molecule has 1 saturated heterocycles. The molecule has 0 saturated carbocycles. The Balaban J connectivity index is 2.17. The molecule has 0 spiro atoms. The van der Waals surface area contributed by atoms with Crippen LogP contribution in [0.3, 0.4) is 0 Å². The van der Waals surface area contributed by atoms with E-state index in [9.17, 15) is 4.79 Å². The van der Waals surface area contributed by atoms with Crippen LogP contribution in [-0.2, 0) is 6.54 Å². The fourth-order valence-corrected chi connectivity index (χ4v) is 2.94. The lowest BCUT2D eigenvalue weighted by Gasteiger charge is -2.34. The van der Waals surface area contributed by atoms with Gasteiger partial charge in [0.2, 0.25) is 0 Å². The fraction of sp³-hybridized carbons (Fsp3) is 0.500. The third kappa shape index (κ3) is 2.53. The molecule has 0 unspecified atom stereocenters. The summed E-state index contributed by atoms with van der Waals surface area (Å²) in [6.45, 7) is 8.56. The summed E-state index contributed by atoms with van der Waals surface area (Å²) in [6.07, 6.45) is 0. The monoisotopic (exact) mass is 286 g/mol. The van der Waals surface area contributed by atoms with Crippen molar-refractivity contribution < 1.29 is 0 Å².